The number of carbonyl (C=O) groups excluding carboxylic acids is 3. The largest absolute Gasteiger partial charge is 0.461 e. The van der Waals surface area contributed by atoms with Crippen LogP contribution in [0.25, 0.3) is 0 Å². The minimum absolute atomic E-state index is 0.241. The van der Waals surface area contributed by atoms with Gasteiger partial charge >= 0.3 is 5.97 Å². The highest BCUT2D eigenvalue weighted by Gasteiger charge is 2.39. The number of carbonyl (C=O) groups is 3. The van der Waals surface area contributed by atoms with Crippen LogP contribution in [0.4, 0.5) is 0 Å². The van der Waals surface area contributed by atoms with Gasteiger partial charge in [0.2, 0.25) is 5.78 Å². The monoisotopic (exact) mass is 373 g/mol. The number of piperidine rings is 1. The molecule has 2 unspecified atom stereocenters. The number of aryl methyl sites for hydroxylation is 1. The molecule has 0 saturated carbocycles. The van der Waals surface area contributed by atoms with E-state index in [1.54, 1.807) is 20.8 Å². The van der Waals surface area contributed by atoms with Gasteiger partial charge in [0.25, 0.3) is 5.91 Å². The lowest BCUT2D eigenvalue weighted by Gasteiger charge is -2.35. The van der Waals surface area contributed by atoms with Crippen molar-refractivity contribution < 1.29 is 19.1 Å². The second-order valence-electron chi connectivity index (χ2n) is 8.36. The van der Waals surface area contributed by atoms with Crippen LogP contribution < -0.4 is 0 Å². The highest BCUT2D eigenvalue weighted by molar-refractivity contribution is 6.38. The summed E-state index contributed by atoms with van der Waals surface area (Å²) < 4.78 is 5.61. The Bertz CT molecular complexity index is 663. The third-order valence-electron chi connectivity index (χ3n) is 4.91. The first kappa shape index (κ1) is 21.1. The van der Waals surface area contributed by atoms with E-state index in [0.29, 0.717) is 13.0 Å². The van der Waals surface area contributed by atoms with Crippen LogP contribution in [0.2, 0.25) is 0 Å². The van der Waals surface area contributed by atoms with Gasteiger partial charge in [0.1, 0.15) is 6.04 Å². The third-order valence-corrected chi connectivity index (χ3v) is 4.91. The van der Waals surface area contributed by atoms with Crippen molar-refractivity contribution in [3.8, 4) is 0 Å². The Hall–Kier alpha value is -2.17. The lowest BCUT2D eigenvalue weighted by Crippen LogP contribution is -2.53. The van der Waals surface area contributed by atoms with Gasteiger partial charge in [0, 0.05) is 12.0 Å². The average molecular weight is 373 g/mol. The van der Waals surface area contributed by atoms with E-state index in [2.05, 4.69) is 0 Å². The van der Waals surface area contributed by atoms with Gasteiger partial charge in [-0.05, 0) is 44.6 Å². The zero-order valence-electron chi connectivity index (χ0n) is 16.9. The predicted molar refractivity (Wildman–Crippen MR) is 104 cm³/mol. The number of amides is 1. The van der Waals surface area contributed by atoms with Gasteiger partial charge in [-0.25, -0.2) is 4.79 Å². The minimum Gasteiger partial charge on any atom is -0.461 e. The zero-order valence-corrected chi connectivity index (χ0v) is 16.9. The van der Waals surface area contributed by atoms with Gasteiger partial charge in [-0.1, -0.05) is 51.1 Å². The lowest BCUT2D eigenvalue weighted by molar-refractivity contribution is -0.163. The lowest BCUT2D eigenvalue weighted by atomic mass is 9.89. The van der Waals surface area contributed by atoms with Gasteiger partial charge in [0.15, 0.2) is 0 Å². The number of esters is 1. The van der Waals surface area contributed by atoms with Gasteiger partial charge in [0.05, 0.1) is 6.10 Å². The molecule has 1 aliphatic rings. The summed E-state index contributed by atoms with van der Waals surface area (Å²) in [4.78, 5) is 39.1. The van der Waals surface area contributed by atoms with Gasteiger partial charge < -0.3 is 9.64 Å². The Morgan fingerprint density at radius 3 is 2.44 bits per heavy atom. The fraction of sp³-hybridized carbons (Fsp3) is 0.591. The topological polar surface area (TPSA) is 63.7 Å². The maximum atomic E-state index is 12.7. The molecule has 2 rings (SSSR count). The second kappa shape index (κ2) is 9.16. The fourth-order valence-electron chi connectivity index (χ4n) is 3.22. The molecular formula is C22H31NO4. The summed E-state index contributed by atoms with van der Waals surface area (Å²) in [6.07, 6.45) is 3.51. The fourth-order valence-corrected chi connectivity index (χ4v) is 3.22. The average Bonchev–Trinajstić information content (AvgIpc) is 2.65. The molecule has 1 amide bonds. The van der Waals surface area contributed by atoms with E-state index < -0.39 is 29.1 Å². The maximum absolute atomic E-state index is 12.7. The number of nitrogens with zero attached hydrogens (tertiary/aromatic N) is 1. The number of ketones is 1. The summed E-state index contributed by atoms with van der Waals surface area (Å²) in [5, 5.41) is 0. The van der Waals surface area contributed by atoms with Crippen molar-refractivity contribution in [2.24, 2.45) is 5.41 Å². The molecule has 0 N–H and O–H groups in total. The van der Waals surface area contributed by atoms with Crippen molar-refractivity contribution in [1.82, 2.24) is 4.90 Å². The highest BCUT2D eigenvalue weighted by atomic mass is 16.5. The Kier molecular flexibility index (Phi) is 7.17. The van der Waals surface area contributed by atoms with Crippen molar-refractivity contribution in [3.63, 3.8) is 0 Å². The molecule has 27 heavy (non-hydrogen) atoms. The molecule has 0 spiro atoms. The van der Waals surface area contributed by atoms with E-state index in [4.69, 9.17) is 4.74 Å². The number of benzene rings is 1. The van der Waals surface area contributed by atoms with E-state index in [0.717, 1.165) is 25.7 Å². The van der Waals surface area contributed by atoms with Crippen molar-refractivity contribution in [1.29, 1.82) is 0 Å². The van der Waals surface area contributed by atoms with Crippen molar-refractivity contribution in [2.75, 3.05) is 6.54 Å². The van der Waals surface area contributed by atoms with Crippen LogP contribution in [0.15, 0.2) is 30.3 Å². The molecule has 1 aromatic carbocycles. The van der Waals surface area contributed by atoms with Crippen LogP contribution >= 0.6 is 0 Å². The number of rotatable bonds is 6. The van der Waals surface area contributed by atoms with Crippen molar-refractivity contribution in [2.45, 2.75) is 71.9 Å². The number of ether oxygens (including phenoxy) is 1. The summed E-state index contributed by atoms with van der Waals surface area (Å²) in [5.74, 6) is -1.43. The molecule has 2 atom stereocenters. The molecule has 1 saturated heterocycles. The first-order valence-electron chi connectivity index (χ1n) is 9.80. The van der Waals surface area contributed by atoms with Crippen LogP contribution in [0.1, 0.15) is 58.9 Å². The SMILES string of the molecule is CC(CCc1ccccc1)OC(=O)C1CCCCN1C(=O)C(=O)C(C)(C)C. The normalized spacial score (nSPS) is 18.7. The standard InChI is InChI=1S/C22H31NO4/c1-16(13-14-17-10-6-5-7-11-17)27-21(26)18-12-8-9-15-23(18)20(25)19(24)22(2,3)4/h5-7,10-11,16,18H,8-9,12-15H2,1-4H3. The molecule has 0 bridgehead atoms. The molecule has 1 aliphatic heterocycles. The van der Waals surface area contributed by atoms with E-state index in [1.165, 1.54) is 10.5 Å². The highest BCUT2D eigenvalue weighted by Crippen LogP contribution is 2.23. The van der Waals surface area contributed by atoms with Crippen LogP contribution in [0.3, 0.4) is 0 Å². The summed E-state index contributed by atoms with van der Waals surface area (Å²) in [6.45, 7) is 7.46. The number of likely N-dealkylation sites (tertiary alicyclic amines) is 1. The first-order valence-corrected chi connectivity index (χ1v) is 9.80. The van der Waals surface area contributed by atoms with Crippen molar-refractivity contribution in [3.05, 3.63) is 35.9 Å². The molecule has 5 heteroatoms. The minimum atomic E-state index is -0.758. The van der Waals surface area contributed by atoms with Crippen molar-refractivity contribution >= 4 is 17.7 Å². The van der Waals surface area contributed by atoms with Gasteiger partial charge in [-0.3, -0.25) is 9.59 Å². The van der Waals surface area contributed by atoms with Crippen LogP contribution in [0.5, 0.6) is 0 Å². The van der Waals surface area contributed by atoms with Crippen LogP contribution in [-0.2, 0) is 25.5 Å². The quantitative estimate of drug-likeness (QED) is 0.565. The van der Waals surface area contributed by atoms with Gasteiger partial charge in [-0.15, -0.1) is 0 Å². The van der Waals surface area contributed by atoms with E-state index >= 15 is 0 Å². The number of hydrogen-bond acceptors (Lipinski definition) is 4. The smallest absolute Gasteiger partial charge is 0.329 e. The molecule has 1 heterocycles. The Labute approximate surface area is 162 Å². The molecule has 148 valence electrons. The first-order chi connectivity index (χ1) is 12.7. The maximum Gasteiger partial charge on any atom is 0.329 e. The molecule has 0 radical (unpaired) electrons. The van der Waals surface area contributed by atoms with Gasteiger partial charge in [-0.2, -0.15) is 0 Å². The van der Waals surface area contributed by atoms with Crippen LogP contribution in [0, 0.1) is 5.41 Å². The predicted octanol–water partition coefficient (Wildman–Crippen LogP) is 3.55. The summed E-state index contributed by atoms with van der Waals surface area (Å²) in [5.41, 5.74) is 0.442. The molecule has 0 aromatic heterocycles. The molecular weight excluding hydrogens is 342 g/mol. The van der Waals surface area contributed by atoms with E-state index in [1.807, 2.05) is 37.3 Å². The Balaban J connectivity index is 1.95. The molecule has 1 aromatic rings. The third kappa shape index (κ3) is 5.91. The zero-order chi connectivity index (χ0) is 20.0. The van der Waals surface area contributed by atoms with E-state index in [9.17, 15) is 14.4 Å². The number of Topliss-reactive ketones (excluding diaryl/α,β-unsaturated/α-hetero) is 1. The number of hydrogen-bond donors (Lipinski definition) is 0. The summed E-state index contributed by atoms with van der Waals surface area (Å²) >= 11 is 0. The summed E-state index contributed by atoms with van der Waals surface area (Å²) in [6, 6.07) is 9.40. The molecule has 5 nitrogen and oxygen atoms in total. The Morgan fingerprint density at radius 2 is 1.81 bits per heavy atom. The van der Waals surface area contributed by atoms with Crippen LogP contribution in [-0.4, -0.2) is 41.3 Å². The van der Waals surface area contributed by atoms with E-state index in [-0.39, 0.29) is 6.10 Å². The molecule has 0 aliphatic carbocycles. The summed E-state index contributed by atoms with van der Waals surface area (Å²) in [7, 11) is 0. The molecule has 1 fully saturated rings. The second-order valence-corrected chi connectivity index (χ2v) is 8.36. The Morgan fingerprint density at radius 1 is 1.15 bits per heavy atom.